The Bertz CT molecular complexity index is 697. The predicted octanol–water partition coefficient (Wildman–Crippen LogP) is 0.589. The van der Waals surface area contributed by atoms with Crippen LogP contribution in [-0.2, 0) is 24.9 Å². The number of nitrogens with zero attached hydrogens (tertiary/aromatic N) is 6. The Morgan fingerprint density at radius 2 is 2.30 bits per heavy atom. The van der Waals surface area contributed by atoms with Crippen LogP contribution in [-0.4, -0.2) is 52.8 Å². The summed E-state index contributed by atoms with van der Waals surface area (Å²) in [5, 5.41) is 22.8. The van der Waals surface area contributed by atoms with Crippen LogP contribution in [0.15, 0.2) is 17.6 Å². The number of aliphatic hydroxyl groups is 1. The van der Waals surface area contributed by atoms with E-state index in [9.17, 15) is 9.90 Å². The molecule has 23 heavy (non-hydrogen) atoms. The van der Waals surface area contributed by atoms with E-state index in [1.54, 1.807) is 10.9 Å². The lowest BCUT2D eigenvalue weighted by Gasteiger charge is -2.27. The number of carbonyl (C=O) groups excluding carboxylic acids is 1. The molecule has 0 saturated carbocycles. The van der Waals surface area contributed by atoms with Gasteiger partial charge >= 0.3 is 0 Å². The van der Waals surface area contributed by atoms with E-state index in [0.717, 1.165) is 10.9 Å². The lowest BCUT2D eigenvalue weighted by molar-refractivity contribution is -0.129. The summed E-state index contributed by atoms with van der Waals surface area (Å²) in [6, 6.07) is 1.89. The highest BCUT2D eigenvalue weighted by molar-refractivity contribution is 7.99. The van der Waals surface area contributed by atoms with E-state index in [0.29, 0.717) is 37.5 Å². The molecule has 2 aromatic rings. The summed E-state index contributed by atoms with van der Waals surface area (Å²) in [5.41, 5.74) is 1.65. The van der Waals surface area contributed by atoms with Crippen molar-refractivity contribution in [1.82, 2.24) is 29.4 Å². The minimum absolute atomic E-state index is 0.0723. The lowest BCUT2D eigenvalue weighted by Crippen LogP contribution is -2.39. The Kier molecular flexibility index (Phi) is 4.67. The molecule has 0 fully saturated rings. The molecule has 0 unspecified atom stereocenters. The average molecular weight is 336 g/mol. The van der Waals surface area contributed by atoms with E-state index in [-0.39, 0.29) is 5.91 Å². The number of aliphatic hydroxyl groups excluding tert-OH is 1. The van der Waals surface area contributed by atoms with E-state index in [1.165, 1.54) is 11.8 Å². The summed E-state index contributed by atoms with van der Waals surface area (Å²) in [4.78, 5) is 14.2. The second kappa shape index (κ2) is 6.71. The number of carbonyl (C=O) groups is 1. The maximum absolute atomic E-state index is 12.4. The zero-order chi connectivity index (χ0) is 16.4. The zero-order valence-corrected chi connectivity index (χ0v) is 14.0. The zero-order valence-electron chi connectivity index (χ0n) is 13.2. The summed E-state index contributed by atoms with van der Waals surface area (Å²) in [6.07, 6.45) is 1.71. The maximum atomic E-state index is 12.4. The molecule has 1 aliphatic rings. The van der Waals surface area contributed by atoms with Crippen molar-refractivity contribution in [3.8, 4) is 0 Å². The molecule has 124 valence electrons. The standard InChI is InChI=1S/C14H20N6O2S/c1-3-12(21)11-6-10-7-19(4-5-20(10)17-11)13(22)8-23-14-16-15-9-18(14)2/h6,9,12,21H,3-5,7-8H2,1-2H3/t12-/m0/s1. The number of amides is 1. The monoisotopic (exact) mass is 336 g/mol. The number of fused-ring (bicyclic) bond motifs is 1. The molecule has 1 N–H and O–H groups in total. The van der Waals surface area contributed by atoms with Crippen LogP contribution in [0.4, 0.5) is 0 Å². The minimum Gasteiger partial charge on any atom is -0.387 e. The molecule has 0 aliphatic carbocycles. The second-order valence-electron chi connectivity index (χ2n) is 5.54. The molecule has 3 rings (SSSR count). The second-order valence-corrected chi connectivity index (χ2v) is 6.48. The fourth-order valence-electron chi connectivity index (χ4n) is 2.49. The van der Waals surface area contributed by atoms with Gasteiger partial charge in [0.2, 0.25) is 5.91 Å². The summed E-state index contributed by atoms with van der Waals surface area (Å²) < 4.78 is 3.68. The topological polar surface area (TPSA) is 89.1 Å². The van der Waals surface area contributed by atoms with Gasteiger partial charge < -0.3 is 14.6 Å². The lowest BCUT2D eigenvalue weighted by atomic mass is 10.2. The number of hydrogen-bond acceptors (Lipinski definition) is 6. The predicted molar refractivity (Wildman–Crippen MR) is 84.6 cm³/mol. The highest BCUT2D eigenvalue weighted by atomic mass is 32.2. The van der Waals surface area contributed by atoms with Crippen LogP contribution in [0.2, 0.25) is 0 Å². The van der Waals surface area contributed by atoms with Crippen molar-refractivity contribution in [2.45, 2.75) is 37.7 Å². The Labute approximate surface area is 138 Å². The van der Waals surface area contributed by atoms with Crippen LogP contribution in [0.5, 0.6) is 0 Å². The van der Waals surface area contributed by atoms with Gasteiger partial charge in [-0.2, -0.15) is 5.10 Å². The van der Waals surface area contributed by atoms with Gasteiger partial charge in [0.15, 0.2) is 5.16 Å². The van der Waals surface area contributed by atoms with E-state index in [1.807, 2.05) is 29.6 Å². The van der Waals surface area contributed by atoms with Crippen LogP contribution in [0.3, 0.4) is 0 Å². The van der Waals surface area contributed by atoms with Crippen LogP contribution < -0.4 is 0 Å². The molecular formula is C14H20N6O2S. The number of aryl methyl sites for hydroxylation is 1. The quantitative estimate of drug-likeness (QED) is 0.804. The molecule has 0 aromatic carbocycles. The number of aromatic nitrogens is 5. The first kappa shape index (κ1) is 16.0. The van der Waals surface area contributed by atoms with Gasteiger partial charge in [-0.1, -0.05) is 18.7 Å². The van der Waals surface area contributed by atoms with Crippen molar-refractivity contribution in [3.05, 3.63) is 23.8 Å². The Morgan fingerprint density at radius 3 is 3.00 bits per heavy atom. The Balaban J connectivity index is 1.61. The molecule has 2 aromatic heterocycles. The van der Waals surface area contributed by atoms with Crippen molar-refractivity contribution in [3.63, 3.8) is 0 Å². The number of rotatable bonds is 5. The van der Waals surface area contributed by atoms with Gasteiger partial charge in [0.1, 0.15) is 6.33 Å². The summed E-state index contributed by atoms with van der Waals surface area (Å²) >= 11 is 1.39. The molecule has 1 amide bonds. The Hall–Kier alpha value is -1.87. The normalized spacial score (nSPS) is 15.5. The van der Waals surface area contributed by atoms with E-state index in [4.69, 9.17) is 0 Å². The molecule has 9 heteroatoms. The molecule has 8 nitrogen and oxygen atoms in total. The minimum atomic E-state index is -0.538. The van der Waals surface area contributed by atoms with E-state index >= 15 is 0 Å². The first-order valence-electron chi connectivity index (χ1n) is 7.57. The maximum Gasteiger partial charge on any atom is 0.233 e. The molecule has 0 spiro atoms. The molecule has 0 bridgehead atoms. The van der Waals surface area contributed by atoms with Crippen molar-refractivity contribution in [2.24, 2.45) is 7.05 Å². The van der Waals surface area contributed by atoms with Gasteiger partial charge in [-0.25, -0.2) is 0 Å². The fraction of sp³-hybridized carbons (Fsp3) is 0.571. The van der Waals surface area contributed by atoms with Crippen LogP contribution in [0.25, 0.3) is 0 Å². The first-order valence-corrected chi connectivity index (χ1v) is 8.56. The van der Waals surface area contributed by atoms with Crippen molar-refractivity contribution >= 4 is 17.7 Å². The van der Waals surface area contributed by atoms with Gasteiger partial charge in [-0.3, -0.25) is 9.48 Å². The third kappa shape index (κ3) is 3.40. The van der Waals surface area contributed by atoms with E-state index in [2.05, 4.69) is 15.3 Å². The van der Waals surface area contributed by atoms with Gasteiger partial charge in [0, 0.05) is 13.6 Å². The van der Waals surface area contributed by atoms with Crippen molar-refractivity contribution < 1.29 is 9.90 Å². The SMILES string of the molecule is CC[C@H](O)c1cc2n(n1)CCN(C(=O)CSc1nncn1C)C2. The van der Waals surface area contributed by atoms with Gasteiger partial charge in [-0.15, -0.1) is 10.2 Å². The van der Waals surface area contributed by atoms with Gasteiger partial charge in [-0.05, 0) is 12.5 Å². The summed E-state index contributed by atoms with van der Waals surface area (Å²) in [6.45, 7) is 3.74. The van der Waals surface area contributed by atoms with Gasteiger partial charge in [0.05, 0.1) is 36.3 Å². The molecular weight excluding hydrogens is 316 g/mol. The fourth-order valence-corrected chi connectivity index (χ4v) is 3.29. The molecule has 0 radical (unpaired) electrons. The highest BCUT2D eigenvalue weighted by Gasteiger charge is 2.24. The van der Waals surface area contributed by atoms with Crippen molar-refractivity contribution in [2.75, 3.05) is 12.3 Å². The Morgan fingerprint density at radius 1 is 1.48 bits per heavy atom. The molecule has 1 atom stereocenters. The van der Waals surface area contributed by atoms with Gasteiger partial charge in [0.25, 0.3) is 0 Å². The van der Waals surface area contributed by atoms with E-state index < -0.39 is 6.10 Å². The first-order chi connectivity index (χ1) is 11.1. The summed E-state index contributed by atoms with van der Waals surface area (Å²) in [5.74, 6) is 0.411. The number of hydrogen-bond donors (Lipinski definition) is 1. The molecule has 1 aliphatic heterocycles. The third-order valence-corrected chi connectivity index (χ3v) is 4.91. The molecule has 0 saturated heterocycles. The molecule has 3 heterocycles. The average Bonchev–Trinajstić information content (AvgIpc) is 3.16. The van der Waals surface area contributed by atoms with Crippen LogP contribution in [0.1, 0.15) is 30.8 Å². The number of thioether (sulfide) groups is 1. The van der Waals surface area contributed by atoms with Crippen LogP contribution >= 0.6 is 11.8 Å². The third-order valence-electron chi connectivity index (χ3n) is 3.89. The van der Waals surface area contributed by atoms with Crippen LogP contribution in [0, 0.1) is 0 Å². The highest BCUT2D eigenvalue weighted by Crippen LogP contribution is 2.21. The smallest absolute Gasteiger partial charge is 0.233 e. The largest absolute Gasteiger partial charge is 0.387 e. The van der Waals surface area contributed by atoms with Crippen molar-refractivity contribution in [1.29, 1.82) is 0 Å². The summed E-state index contributed by atoms with van der Waals surface area (Å²) in [7, 11) is 1.85.